The number of fused-ring (bicyclic) bond motifs is 1. The van der Waals surface area contributed by atoms with Crippen molar-refractivity contribution in [2.45, 2.75) is 18.9 Å². The number of hydrogen-bond donors (Lipinski definition) is 1. The molecule has 1 fully saturated rings. The van der Waals surface area contributed by atoms with Crippen molar-refractivity contribution in [1.29, 1.82) is 0 Å². The van der Waals surface area contributed by atoms with Gasteiger partial charge in [0.25, 0.3) is 0 Å². The number of phenols is 1. The van der Waals surface area contributed by atoms with Crippen molar-refractivity contribution < 1.29 is 9.84 Å². The van der Waals surface area contributed by atoms with Crippen molar-refractivity contribution in [3.63, 3.8) is 0 Å². The fourth-order valence-corrected chi connectivity index (χ4v) is 4.00. The average molecular weight is 333 g/mol. The average Bonchev–Trinajstić information content (AvgIpc) is 3.18. The molecule has 4 rings (SSSR count). The number of para-hydroxylation sites is 1. The van der Waals surface area contributed by atoms with E-state index in [9.17, 15) is 5.11 Å². The zero-order valence-electron chi connectivity index (χ0n) is 14.5. The van der Waals surface area contributed by atoms with Crippen LogP contribution in [-0.4, -0.2) is 30.2 Å². The molecule has 1 aliphatic heterocycles. The van der Waals surface area contributed by atoms with Crippen molar-refractivity contribution >= 4 is 10.8 Å². The maximum Gasteiger partial charge on any atom is 0.123 e. The van der Waals surface area contributed by atoms with Gasteiger partial charge in [0.05, 0.1) is 13.2 Å². The van der Waals surface area contributed by atoms with E-state index in [2.05, 4.69) is 23.1 Å². The molecule has 1 N–H and O–H groups in total. The van der Waals surface area contributed by atoms with Gasteiger partial charge in [0.15, 0.2) is 0 Å². The normalized spacial score (nSPS) is 16.2. The van der Waals surface area contributed by atoms with Crippen molar-refractivity contribution in [2.24, 2.45) is 0 Å². The van der Waals surface area contributed by atoms with Gasteiger partial charge in [0.1, 0.15) is 11.5 Å². The van der Waals surface area contributed by atoms with Gasteiger partial charge in [-0.1, -0.05) is 48.5 Å². The van der Waals surface area contributed by atoms with Crippen LogP contribution in [0.3, 0.4) is 0 Å². The van der Waals surface area contributed by atoms with E-state index >= 15 is 0 Å². The van der Waals surface area contributed by atoms with Crippen LogP contribution >= 0.6 is 0 Å². The van der Waals surface area contributed by atoms with Crippen LogP contribution in [0, 0.1) is 0 Å². The molecule has 0 radical (unpaired) electrons. The van der Waals surface area contributed by atoms with Crippen molar-refractivity contribution in [3.05, 3.63) is 71.8 Å². The Hall–Kier alpha value is -2.52. The molecule has 0 saturated carbocycles. The molecule has 3 aromatic carbocycles. The minimum absolute atomic E-state index is 0.00949. The Morgan fingerprint density at radius 2 is 1.64 bits per heavy atom. The fourth-order valence-electron chi connectivity index (χ4n) is 4.00. The zero-order valence-corrected chi connectivity index (χ0v) is 14.5. The fraction of sp³-hybridized carbons (Fsp3) is 0.273. The quantitative estimate of drug-likeness (QED) is 0.748. The topological polar surface area (TPSA) is 32.7 Å². The second-order valence-electron chi connectivity index (χ2n) is 6.61. The van der Waals surface area contributed by atoms with Crippen molar-refractivity contribution in [1.82, 2.24) is 4.90 Å². The smallest absolute Gasteiger partial charge is 0.123 e. The molecule has 25 heavy (non-hydrogen) atoms. The van der Waals surface area contributed by atoms with E-state index in [-0.39, 0.29) is 6.04 Å². The first-order valence-electron chi connectivity index (χ1n) is 8.87. The third-order valence-electron chi connectivity index (χ3n) is 5.16. The van der Waals surface area contributed by atoms with Gasteiger partial charge in [-0.3, -0.25) is 4.90 Å². The summed E-state index contributed by atoms with van der Waals surface area (Å²) >= 11 is 0. The molecule has 0 amide bonds. The lowest BCUT2D eigenvalue weighted by Crippen LogP contribution is -2.27. The van der Waals surface area contributed by atoms with Gasteiger partial charge in [0, 0.05) is 11.1 Å². The maximum absolute atomic E-state index is 10.8. The van der Waals surface area contributed by atoms with Gasteiger partial charge < -0.3 is 9.84 Å². The molecule has 0 bridgehead atoms. The van der Waals surface area contributed by atoms with E-state index in [1.807, 2.05) is 42.5 Å². The first kappa shape index (κ1) is 16.0. The first-order chi connectivity index (χ1) is 12.3. The van der Waals surface area contributed by atoms with Crippen LogP contribution in [0.15, 0.2) is 60.7 Å². The standard InChI is InChI=1S/C22H23NO2/c1-25-20-11-5-4-10-18(20)22(23-14-6-7-15-23)21-17-9-3-2-8-16(17)12-13-19(21)24/h2-5,8-13,22,24H,6-7,14-15H2,1H3. The lowest BCUT2D eigenvalue weighted by atomic mass is 9.91. The van der Waals surface area contributed by atoms with Crippen molar-refractivity contribution in [2.75, 3.05) is 20.2 Å². The van der Waals surface area contributed by atoms with Gasteiger partial charge >= 0.3 is 0 Å². The Bertz CT molecular complexity index is 884. The minimum atomic E-state index is -0.00949. The van der Waals surface area contributed by atoms with E-state index in [1.54, 1.807) is 7.11 Å². The molecule has 1 unspecified atom stereocenters. The lowest BCUT2D eigenvalue weighted by Gasteiger charge is -2.31. The number of aromatic hydroxyl groups is 1. The highest BCUT2D eigenvalue weighted by molar-refractivity contribution is 5.88. The first-order valence-corrected chi connectivity index (χ1v) is 8.87. The van der Waals surface area contributed by atoms with E-state index in [0.29, 0.717) is 5.75 Å². The number of likely N-dealkylation sites (tertiary alicyclic amines) is 1. The minimum Gasteiger partial charge on any atom is -0.508 e. The summed E-state index contributed by atoms with van der Waals surface area (Å²) in [7, 11) is 1.71. The van der Waals surface area contributed by atoms with Crippen LogP contribution in [-0.2, 0) is 0 Å². The third kappa shape index (κ3) is 2.85. The summed E-state index contributed by atoms with van der Waals surface area (Å²) in [6.45, 7) is 2.07. The molecule has 1 saturated heterocycles. The van der Waals surface area contributed by atoms with Gasteiger partial charge in [-0.05, 0) is 48.8 Å². The van der Waals surface area contributed by atoms with Crippen molar-refractivity contribution in [3.8, 4) is 11.5 Å². The Morgan fingerprint density at radius 1 is 0.920 bits per heavy atom. The molecule has 128 valence electrons. The second kappa shape index (κ2) is 6.77. The number of nitrogens with zero attached hydrogens (tertiary/aromatic N) is 1. The van der Waals surface area contributed by atoms with Crippen LogP contribution in [0.4, 0.5) is 0 Å². The van der Waals surface area contributed by atoms with Crippen LogP contribution in [0.1, 0.15) is 30.0 Å². The predicted octanol–water partition coefficient (Wildman–Crippen LogP) is 4.74. The second-order valence-corrected chi connectivity index (χ2v) is 6.61. The highest BCUT2D eigenvalue weighted by Crippen LogP contribution is 2.43. The number of phenolic OH excluding ortho intramolecular Hbond substituents is 1. The molecule has 3 nitrogen and oxygen atoms in total. The largest absolute Gasteiger partial charge is 0.508 e. The summed E-state index contributed by atoms with van der Waals surface area (Å²) in [5.41, 5.74) is 2.09. The van der Waals surface area contributed by atoms with Crippen LogP contribution in [0.2, 0.25) is 0 Å². The lowest BCUT2D eigenvalue weighted by molar-refractivity contribution is 0.270. The molecular formula is C22H23NO2. The van der Waals surface area contributed by atoms with E-state index in [0.717, 1.165) is 40.7 Å². The van der Waals surface area contributed by atoms with Gasteiger partial charge in [-0.15, -0.1) is 0 Å². The van der Waals surface area contributed by atoms with E-state index in [1.165, 1.54) is 12.8 Å². The number of benzene rings is 3. The third-order valence-corrected chi connectivity index (χ3v) is 5.16. The van der Waals surface area contributed by atoms with Gasteiger partial charge in [0.2, 0.25) is 0 Å². The summed E-state index contributed by atoms with van der Waals surface area (Å²) in [5, 5.41) is 13.0. The number of rotatable bonds is 4. The molecule has 1 aliphatic rings. The number of hydrogen-bond acceptors (Lipinski definition) is 3. The SMILES string of the molecule is COc1ccccc1C(c1c(O)ccc2ccccc12)N1CCCC1. The Balaban J connectivity index is 1.97. The molecular weight excluding hydrogens is 310 g/mol. The molecule has 1 heterocycles. The summed E-state index contributed by atoms with van der Waals surface area (Å²) < 4.78 is 5.65. The molecule has 0 aliphatic carbocycles. The molecule has 1 atom stereocenters. The van der Waals surface area contributed by atoms with E-state index in [4.69, 9.17) is 4.74 Å². The molecule has 3 aromatic rings. The Labute approximate surface area is 148 Å². The molecule has 0 spiro atoms. The highest BCUT2D eigenvalue weighted by atomic mass is 16.5. The van der Waals surface area contributed by atoms with E-state index < -0.39 is 0 Å². The van der Waals surface area contributed by atoms with Crippen LogP contribution in [0.5, 0.6) is 11.5 Å². The number of methoxy groups -OCH3 is 1. The van der Waals surface area contributed by atoms with Gasteiger partial charge in [-0.2, -0.15) is 0 Å². The van der Waals surface area contributed by atoms with Crippen LogP contribution < -0.4 is 4.74 Å². The predicted molar refractivity (Wildman–Crippen MR) is 101 cm³/mol. The zero-order chi connectivity index (χ0) is 17.2. The maximum atomic E-state index is 10.8. The summed E-state index contributed by atoms with van der Waals surface area (Å²) in [6.07, 6.45) is 2.38. The molecule has 0 aromatic heterocycles. The van der Waals surface area contributed by atoms with Gasteiger partial charge in [-0.25, -0.2) is 0 Å². The molecule has 3 heteroatoms. The van der Waals surface area contributed by atoms with Crippen LogP contribution in [0.25, 0.3) is 10.8 Å². The Kier molecular flexibility index (Phi) is 4.33. The highest BCUT2D eigenvalue weighted by Gasteiger charge is 2.30. The summed E-state index contributed by atoms with van der Waals surface area (Å²) in [6, 6.07) is 20.2. The number of ether oxygens (including phenoxy) is 1. The summed E-state index contributed by atoms with van der Waals surface area (Å²) in [4.78, 5) is 2.46. The monoisotopic (exact) mass is 333 g/mol. The Morgan fingerprint density at radius 3 is 2.44 bits per heavy atom. The summed E-state index contributed by atoms with van der Waals surface area (Å²) in [5.74, 6) is 1.22.